The van der Waals surface area contributed by atoms with E-state index in [2.05, 4.69) is 10.2 Å². The number of fused-ring (bicyclic) bond motifs is 1. The summed E-state index contributed by atoms with van der Waals surface area (Å²) in [6, 6.07) is 0.655. The summed E-state index contributed by atoms with van der Waals surface area (Å²) in [7, 11) is 2.03. The monoisotopic (exact) mass is 312 g/mol. The van der Waals surface area contributed by atoms with Crippen LogP contribution in [0, 0.1) is 0 Å². The standard InChI is InChI=1S/C16H28N2O4/c1-18-8-12(19)9-21-10-15-14(18)6-5-13(22-15)7-16(20)17-11-3-2-4-11/h11-15,19H,2-10H2,1H3,(H,17,20)/t12-,13-,14+,15-/m1/s1. The Bertz CT molecular complexity index is 388. The number of hydrogen-bond acceptors (Lipinski definition) is 5. The number of β-amino-alcohol motifs (C(OH)–C–C–N with tert-alkyl or cyclic N) is 1. The molecule has 2 aliphatic heterocycles. The number of carbonyl (C=O) groups excluding carboxylic acids is 1. The number of nitrogens with zero attached hydrogens (tertiary/aromatic N) is 1. The molecule has 0 bridgehead atoms. The summed E-state index contributed by atoms with van der Waals surface area (Å²) >= 11 is 0. The summed E-state index contributed by atoms with van der Waals surface area (Å²) in [4.78, 5) is 14.2. The van der Waals surface area contributed by atoms with Crippen molar-refractivity contribution in [2.24, 2.45) is 0 Å². The summed E-state index contributed by atoms with van der Waals surface area (Å²) in [6.45, 7) is 1.45. The molecule has 3 rings (SSSR count). The highest BCUT2D eigenvalue weighted by molar-refractivity contribution is 5.76. The normalized spacial score (nSPS) is 37.5. The van der Waals surface area contributed by atoms with Gasteiger partial charge in [-0.05, 0) is 39.2 Å². The number of amides is 1. The third-order valence-electron chi connectivity index (χ3n) is 5.12. The fourth-order valence-corrected chi connectivity index (χ4v) is 3.64. The lowest BCUT2D eigenvalue weighted by atomic mass is 9.92. The second kappa shape index (κ2) is 7.25. The van der Waals surface area contributed by atoms with E-state index in [1.54, 1.807) is 0 Å². The van der Waals surface area contributed by atoms with Crippen LogP contribution in [0.15, 0.2) is 0 Å². The first-order valence-electron chi connectivity index (χ1n) is 8.52. The molecule has 126 valence electrons. The highest BCUT2D eigenvalue weighted by atomic mass is 16.5. The lowest BCUT2D eigenvalue weighted by molar-refractivity contribution is -0.153. The van der Waals surface area contributed by atoms with Crippen LogP contribution in [-0.4, -0.2) is 73.1 Å². The topological polar surface area (TPSA) is 71.0 Å². The van der Waals surface area contributed by atoms with Crippen LogP contribution in [0.5, 0.6) is 0 Å². The molecule has 2 saturated heterocycles. The minimum absolute atomic E-state index is 0.00671. The average Bonchev–Trinajstić information content (AvgIpc) is 2.41. The average molecular weight is 312 g/mol. The van der Waals surface area contributed by atoms with Crippen molar-refractivity contribution in [3.63, 3.8) is 0 Å². The predicted octanol–water partition coefficient (Wildman–Crippen LogP) is 0.284. The van der Waals surface area contributed by atoms with E-state index in [4.69, 9.17) is 9.47 Å². The van der Waals surface area contributed by atoms with E-state index in [0.717, 1.165) is 25.7 Å². The minimum Gasteiger partial charge on any atom is -0.389 e. The highest BCUT2D eigenvalue weighted by Crippen LogP contribution is 2.27. The molecule has 6 nitrogen and oxygen atoms in total. The molecule has 4 atom stereocenters. The summed E-state index contributed by atoms with van der Waals surface area (Å²) in [6.07, 6.45) is 5.33. The van der Waals surface area contributed by atoms with Gasteiger partial charge in [0.2, 0.25) is 5.91 Å². The van der Waals surface area contributed by atoms with Gasteiger partial charge in [0.05, 0.1) is 37.9 Å². The van der Waals surface area contributed by atoms with E-state index in [9.17, 15) is 9.90 Å². The van der Waals surface area contributed by atoms with E-state index in [1.165, 1.54) is 6.42 Å². The molecule has 22 heavy (non-hydrogen) atoms. The molecule has 1 amide bonds. The van der Waals surface area contributed by atoms with Crippen molar-refractivity contribution in [3.05, 3.63) is 0 Å². The van der Waals surface area contributed by atoms with E-state index in [1.807, 2.05) is 7.05 Å². The Labute approximate surface area is 132 Å². The van der Waals surface area contributed by atoms with Gasteiger partial charge in [0.15, 0.2) is 0 Å². The lowest BCUT2D eigenvalue weighted by Crippen LogP contribution is -2.54. The third kappa shape index (κ3) is 3.98. The van der Waals surface area contributed by atoms with Crippen molar-refractivity contribution in [1.29, 1.82) is 0 Å². The SMILES string of the molecule is CN1C[C@@H](O)COC[C@H]2O[C@@H](CC(=O)NC3CCC3)CC[C@@H]21. The predicted molar refractivity (Wildman–Crippen MR) is 81.5 cm³/mol. The van der Waals surface area contributed by atoms with Crippen molar-refractivity contribution in [2.45, 2.75) is 68.9 Å². The van der Waals surface area contributed by atoms with Gasteiger partial charge >= 0.3 is 0 Å². The molecule has 0 radical (unpaired) electrons. The van der Waals surface area contributed by atoms with Gasteiger partial charge in [-0.1, -0.05) is 0 Å². The number of carbonyl (C=O) groups is 1. The molecule has 1 aliphatic carbocycles. The number of rotatable bonds is 3. The van der Waals surface area contributed by atoms with E-state index >= 15 is 0 Å². The quantitative estimate of drug-likeness (QED) is 0.783. The van der Waals surface area contributed by atoms with Crippen molar-refractivity contribution in [2.75, 3.05) is 26.8 Å². The van der Waals surface area contributed by atoms with Gasteiger partial charge in [0, 0.05) is 18.6 Å². The third-order valence-corrected chi connectivity index (χ3v) is 5.12. The Morgan fingerprint density at radius 2 is 2.09 bits per heavy atom. The molecular weight excluding hydrogens is 284 g/mol. The maximum Gasteiger partial charge on any atom is 0.222 e. The number of hydrogen-bond donors (Lipinski definition) is 2. The Morgan fingerprint density at radius 1 is 1.27 bits per heavy atom. The van der Waals surface area contributed by atoms with Crippen molar-refractivity contribution in [3.8, 4) is 0 Å². The fraction of sp³-hybridized carbons (Fsp3) is 0.938. The van der Waals surface area contributed by atoms with Crippen molar-refractivity contribution in [1.82, 2.24) is 10.2 Å². The smallest absolute Gasteiger partial charge is 0.222 e. The van der Waals surface area contributed by atoms with Crippen molar-refractivity contribution < 1.29 is 19.4 Å². The second-order valence-corrected chi connectivity index (χ2v) is 6.97. The van der Waals surface area contributed by atoms with Gasteiger partial charge in [-0.15, -0.1) is 0 Å². The summed E-state index contributed by atoms with van der Waals surface area (Å²) < 4.78 is 11.7. The molecule has 2 N–H and O–H groups in total. The summed E-state index contributed by atoms with van der Waals surface area (Å²) in [5, 5.41) is 12.9. The van der Waals surface area contributed by atoms with Crippen LogP contribution in [0.3, 0.4) is 0 Å². The van der Waals surface area contributed by atoms with Crippen LogP contribution in [0.25, 0.3) is 0 Å². The first-order valence-corrected chi connectivity index (χ1v) is 8.52. The number of likely N-dealkylation sites (N-methyl/N-ethyl adjacent to an activating group) is 1. The van der Waals surface area contributed by atoms with Gasteiger partial charge < -0.3 is 19.9 Å². The second-order valence-electron chi connectivity index (χ2n) is 6.97. The zero-order chi connectivity index (χ0) is 15.5. The van der Waals surface area contributed by atoms with E-state index < -0.39 is 6.10 Å². The van der Waals surface area contributed by atoms with Crippen molar-refractivity contribution >= 4 is 5.91 Å². The first kappa shape index (κ1) is 16.2. The van der Waals surface area contributed by atoms with Crippen LogP contribution in [0.4, 0.5) is 0 Å². The molecule has 1 saturated carbocycles. The maximum atomic E-state index is 12.0. The largest absolute Gasteiger partial charge is 0.389 e. The summed E-state index contributed by atoms with van der Waals surface area (Å²) in [5.74, 6) is 0.115. The number of aliphatic hydroxyl groups is 1. The van der Waals surface area contributed by atoms with Crippen LogP contribution in [-0.2, 0) is 14.3 Å². The van der Waals surface area contributed by atoms with Gasteiger partial charge in [-0.2, -0.15) is 0 Å². The maximum absolute atomic E-state index is 12.0. The molecule has 2 heterocycles. The molecule has 0 aromatic rings. The van der Waals surface area contributed by atoms with Gasteiger partial charge in [-0.3, -0.25) is 9.69 Å². The Balaban J connectivity index is 1.49. The van der Waals surface area contributed by atoms with Crippen LogP contribution >= 0.6 is 0 Å². The minimum atomic E-state index is -0.433. The van der Waals surface area contributed by atoms with Gasteiger partial charge in [-0.25, -0.2) is 0 Å². The molecular formula is C16H28N2O4. The molecule has 3 fully saturated rings. The van der Waals surface area contributed by atoms with Crippen LogP contribution < -0.4 is 5.32 Å². The van der Waals surface area contributed by atoms with Crippen LogP contribution in [0.2, 0.25) is 0 Å². The molecule has 6 heteroatoms. The Hall–Kier alpha value is -0.690. The van der Waals surface area contributed by atoms with Crippen LogP contribution in [0.1, 0.15) is 38.5 Å². The highest BCUT2D eigenvalue weighted by Gasteiger charge is 2.36. The first-order chi connectivity index (χ1) is 10.6. The molecule has 3 aliphatic rings. The molecule has 0 unspecified atom stereocenters. The van der Waals surface area contributed by atoms with E-state index in [0.29, 0.717) is 32.2 Å². The summed E-state index contributed by atoms with van der Waals surface area (Å²) in [5.41, 5.74) is 0. The Kier molecular flexibility index (Phi) is 5.33. The van der Waals surface area contributed by atoms with E-state index in [-0.39, 0.29) is 24.2 Å². The zero-order valence-electron chi connectivity index (χ0n) is 13.4. The fourth-order valence-electron chi connectivity index (χ4n) is 3.64. The number of aliphatic hydroxyl groups excluding tert-OH is 1. The van der Waals surface area contributed by atoms with Gasteiger partial charge in [0.1, 0.15) is 0 Å². The number of nitrogens with one attached hydrogen (secondary N) is 1. The zero-order valence-corrected chi connectivity index (χ0v) is 13.4. The number of ether oxygens (including phenoxy) is 2. The lowest BCUT2D eigenvalue weighted by Gasteiger charge is -2.43. The molecule has 0 aromatic carbocycles. The van der Waals surface area contributed by atoms with Gasteiger partial charge in [0.25, 0.3) is 0 Å². The molecule has 0 aromatic heterocycles. The molecule has 0 spiro atoms. The Morgan fingerprint density at radius 3 is 2.82 bits per heavy atom.